The smallest absolute Gasteiger partial charge is 0.417 e. The van der Waals surface area contributed by atoms with Gasteiger partial charge in [-0.25, -0.2) is 0 Å². The van der Waals surface area contributed by atoms with Crippen molar-refractivity contribution in [3.05, 3.63) is 89.5 Å². The molecule has 0 aromatic heterocycles. The average molecular weight is 414 g/mol. The summed E-state index contributed by atoms with van der Waals surface area (Å²) < 4.78 is 44.7. The van der Waals surface area contributed by atoms with Crippen LogP contribution in [0.1, 0.15) is 26.3 Å². The van der Waals surface area contributed by atoms with Crippen LogP contribution in [0.4, 0.5) is 24.5 Å². The number of amides is 2. The second-order valence-electron chi connectivity index (χ2n) is 6.23. The second kappa shape index (κ2) is 8.69. The summed E-state index contributed by atoms with van der Waals surface area (Å²) in [6, 6.07) is 17.3. The van der Waals surface area contributed by atoms with E-state index >= 15 is 0 Å². The molecule has 154 valence electrons. The number of hydrogen-bond acceptors (Lipinski definition) is 3. The molecule has 0 saturated heterocycles. The third-order valence-electron chi connectivity index (χ3n) is 4.22. The summed E-state index contributed by atoms with van der Waals surface area (Å²) in [4.78, 5) is 24.9. The molecule has 0 bridgehead atoms. The first kappa shape index (κ1) is 20.9. The van der Waals surface area contributed by atoms with Crippen LogP contribution in [0.2, 0.25) is 0 Å². The van der Waals surface area contributed by atoms with Gasteiger partial charge in [-0.3, -0.25) is 9.59 Å². The number of methoxy groups -OCH3 is 1. The summed E-state index contributed by atoms with van der Waals surface area (Å²) in [5.41, 5.74) is -0.674. The van der Waals surface area contributed by atoms with Gasteiger partial charge in [-0.05, 0) is 42.5 Å². The van der Waals surface area contributed by atoms with Crippen molar-refractivity contribution in [2.24, 2.45) is 0 Å². The molecule has 0 heterocycles. The Morgan fingerprint density at radius 2 is 1.50 bits per heavy atom. The molecular weight excluding hydrogens is 397 g/mol. The first-order valence-corrected chi connectivity index (χ1v) is 8.81. The number of alkyl halides is 3. The fraction of sp³-hybridized carbons (Fsp3) is 0.0909. The lowest BCUT2D eigenvalue weighted by atomic mass is 10.1. The number of nitrogens with one attached hydrogen (secondary N) is 2. The van der Waals surface area contributed by atoms with E-state index in [1.807, 2.05) is 0 Å². The molecular formula is C22H17F3N2O3. The lowest BCUT2D eigenvalue weighted by molar-refractivity contribution is -0.137. The maximum Gasteiger partial charge on any atom is 0.417 e. The van der Waals surface area contributed by atoms with Crippen LogP contribution in [0.3, 0.4) is 0 Å². The first-order chi connectivity index (χ1) is 14.3. The Labute approximate surface area is 170 Å². The summed E-state index contributed by atoms with van der Waals surface area (Å²) in [7, 11) is 1.41. The molecule has 2 N–H and O–H groups in total. The monoisotopic (exact) mass is 414 g/mol. The van der Waals surface area contributed by atoms with Gasteiger partial charge >= 0.3 is 6.18 Å². The van der Waals surface area contributed by atoms with Crippen molar-refractivity contribution < 1.29 is 27.5 Å². The molecule has 5 nitrogen and oxygen atoms in total. The number of carbonyl (C=O) groups is 2. The van der Waals surface area contributed by atoms with E-state index in [9.17, 15) is 22.8 Å². The van der Waals surface area contributed by atoms with Crippen molar-refractivity contribution in [3.63, 3.8) is 0 Å². The Bertz CT molecular complexity index is 1070. The SMILES string of the molecule is COc1ccc(NC(=O)c2ccccc2C(F)(F)F)cc1NC(=O)c1ccccc1. The van der Waals surface area contributed by atoms with Gasteiger partial charge in [-0.15, -0.1) is 0 Å². The van der Waals surface area contributed by atoms with Crippen molar-refractivity contribution in [1.82, 2.24) is 0 Å². The highest BCUT2D eigenvalue weighted by Gasteiger charge is 2.34. The average Bonchev–Trinajstić information content (AvgIpc) is 2.74. The minimum absolute atomic E-state index is 0.195. The number of benzene rings is 3. The highest BCUT2D eigenvalue weighted by molar-refractivity contribution is 6.07. The van der Waals surface area contributed by atoms with Crippen LogP contribution in [0.25, 0.3) is 0 Å². The Morgan fingerprint density at radius 1 is 0.833 bits per heavy atom. The number of ether oxygens (including phenoxy) is 1. The minimum Gasteiger partial charge on any atom is -0.495 e. The van der Waals surface area contributed by atoms with Crippen LogP contribution >= 0.6 is 0 Å². The normalized spacial score (nSPS) is 10.9. The molecule has 30 heavy (non-hydrogen) atoms. The van der Waals surface area contributed by atoms with Crippen molar-refractivity contribution in [1.29, 1.82) is 0 Å². The molecule has 0 aliphatic rings. The Kier molecular flexibility index (Phi) is 6.06. The van der Waals surface area contributed by atoms with Crippen molar-refractivity contribution in [2.45, 2.75) is 6.18 Å². The fourth-order valence-corrected chi connectivity index (χ4v) is 2.79. The number of anilines is 2. The predicted octanol–water partition coefficient (Wildman–Crippen LogP) is 5.22. The molecule has 0 aliphatic carbocycles. The third-order valence-corrected chi connectivity index (χ3v) is 4.22. The van der Waals surface area contributed by atoms with Crippen molar-refractivity contribution in [3.8, 4) is 5.75 Å². The Hall–Kier alpha value is -3.81. The standard InChI is InChI=1S/C22H17F3N2O3/c1-30-19-12-11-15(13-18(19)27-20(28)14-7-3-2-4-8-14)26-21(29)16-9-5-6-10-17(16)22(23,24)25/h2-13H,1H3,(H,26,29)(H,27,28). The second-order valence-corrected chi connectivity index (χ2v) is 6.23. The molecule has 2 amide bonds. The third kappa shape index (κ3) is 4.78. The predicted molar refractivity (Wildman–Crippen MR) is 107 cm³/mol. The maximum absolute atomic E-state index is 13.2. The molecule has 0 radical (unpaired) electrons. The van der Waals surface area contributed by atoms with Gasteiger partial charge in [0.25, 0.3) is 11.8 Å². The highest BCUT2D eigenvalue weighted by atomic mass is 19.4. The van der Waals surface area contributed by atoms with Crippen LogP contribution in [0.5, 0.6) is 5.75 Å². The van der Waals surface area contributed by atoms with Gasteiger partial charge in [0, 0.05) is 11.3 Å². The summed E-state index contributed by atoms with van der Waals surface area (Å²) in [6.07, 6.45) is -4.66. The largest absolute Gasteiger partial charge is 0.495 e. The van der Waals surface area contributed by atoms with E-state index in [0.717, 1.165) is 12.1 Å². The molecule has 8 heteroatoms. The van der Waals surface area contributed by atoms with E-state index in [1.165, 1.54) is 37.4 Å². The van der Waals surface area contributed by atoms with Gasteiger partial charge in [-0.2, -0.15) is 13.2 Å². The highest BCUT2D eigenvalue weighted by Crippen LogP contribution is 2.33. The van der Waals surface area contributed by atoms with Gasteiger partial charge in [0.1, 0.15) is 5.75 Å². The molecule has 3 aromatic rings. The van der Waals surface area contributed by atoms with Gasteiger partial charge < -0.3 is 15.4 Å². The molecule has 0 spiro atoms. The lowest BCUT2D eigenvalue weighted by Crippen LogP contribution is -2.19. The van der Waals surface area contributed by atoms with E-state index in [-0.39, 0.29) is 11.4 Å². The summed E-state index contributed by atoms with van der Waals surface area (Å²) in [6.45, 7) is 0. The van der Waals surface area contributed by atoms with Gasteiger partial charge in [-0.1, -0.05) is 30.3 Å². The summed E-state index contributed by atoms with van der Waals surface area (Å²) in [5.74, 6) is -0.999. The van der Waals surface area contributed by atoms with E-state index in [0.29, 0.717) is 11.3 Å². The zero-order chi connectivity index (χ0) is 21.7. The minimum atomic E-state index is -4.66. The van der Waals surface area contributed by atoms with E-state index in [2.05, 4.69) is 10.6 Å². The summed E-state index contributed by atoms with van der Waals surface area (Å²) in [5, 5.41) is 5.10. The van der Waals surface area contributed by atoms with Crippen LogP contribution in [-0.2, 0) is 6.18 Å². The zero-order valence-corrected chi connectivity index (χ0v) is 15.8. The first-order valence-electron chi connectivity index (χ1n) is 8.81. The van der Waals surface area contributed by atoms with Crippen LogP contribution < -0.4 is 15.4 Å². The topological polar surface area (TPSA) is 67.4 Å². The van der Waals surface area contributed by atoms with E-state index < -0.39 is 29.1 Å². The van der Waals surface area contributed by atoms with Crippen LogP contribution in [0, 0.1) is 0 Å². The van der Waals surface area contributed by atoms with E-state index in [1.54, 1.807) is 30.3 Å². The molecule has 0 atom stereocenters. The van der Waals surface area contributed by atoms with Crippen LogP contribution in [-0.4, -0.2) is 18.9 Å². The molecule has 0 saturated carbocycles. The summed E-state index contributed by atoms with van der Waals surface area (Å²) >= 11 is 0. The number of carbonyl (C=O) groups excluding carboxylic acids is 2. The lowest BCUT2D eigenvalue weighted by Gasteiger charge is -2.15. The van der Waals surface area contributed by atoms with Crippen molar-refractivity contribution >= 4 is 23.2 Å². The Balaban J connectivity index is 1.85. The quantitative estimate of drug-likeness (QED) is 0.602. The molecule has 0 fully saturated rings. The molecule has 0 aliphatic heterocycles. The molecule has 3 aromatic carbocycles. The van der Waals surface area contributed by atoms with E-state index in [4.69, 9.17) is 4.74 Å². The fourth-order valence-electron chi connectivity index (χ4n) is 2.79. The zero-order valence-electron chi connectivity index (χ0n) is 15.8. The molecule has 3 rings (SSSR count). The van der Waals surface area contributed by atoms with Crippen molar-refractivity contribution in [2.75, 3.05) is 17.7 Å². The molecule has 0 unspecified atom stereocenters. The van der Waals surface area contributed by atoms with Crippen LogP contribution in [0.15, 0.2) is 72.8 Å². The number of rotatable bonds is 5. The Morgan fingerprint density at radius 3 is 2.17 bits per heavy atom. The van der Waals surface area contributed by atoms with Gasteiger partial charge in [0.2, 0.25) is 0 Å². The van der Waals surface area contributed by atoms with Gasteiger partial charge in [0.15, 0.2) is 0 Å². The van der Waals surface area contributed by atoms with Gasteiger partial charge in [0.05, 0.1) is 23.9 Å². The number of halogens is 3. The maximum atomic E-state index is 13.2. The number of hydrogen-bond donors (Lipinski definition) is 2.